The number of hydrogen-bond donors (Lipinski definition) is 1. The van der Waals surface area contributed by atoms with Gasteiger partial charge in [-0.2, -0.15) is 0 Å². The third-order valence-corrected chi connectivity index (χ3v) is 4.33. The van der Waals surface area contributed by atoms with Crippen LogP contribution in [0.2, 0.25) is 0 Å². The Morgan fingerprint density at radius 3 is 2.92 bits per heavy atom. The van der Waals surface area contributed by atoms with Gasteiger partial charge >= 0.3 is 0 Å². The van der Waals surface area contributed by atoms with Gasteiger partial charge in [-0.1, -0.05) is 6.07 Å². The van der Waals surface area contributed by atoms with Gasteiger partial charge in [-0.3, -0.25) is 14.6 Å². The van der Waals surface area contributed by atoms with E-state index in [1.54, 1.807) is 23.2 Å². The van der Waals surface area contributed by atoms with Crippen LogP contribution in [-0.2, 0) is 11.3 Å². The SMILES string of the molecule is CC(=O)NCc1cc([C@H]2CCCN2C(=O)c2cccc(F)c2)ccn1. The molecule has 3 rings (SSSR count). The number of hydrogen-bond acceptors (Lipinski definition) is 3. The Kier molecular flexibility index (Phi) is 5.07. The van der Waals surface area contributed by atoms with E-state index in [2.05, 4.69) is 10.3 Å². The maximum absolute atomic E-state index is 13.4. The number of rotatable bonds is 4. The predicted octanol–water partition coefficient (Wildman–Crippen LogP) is 2.83. The van der Waals surface area contributed by atoms with E-state index in [1.165, 1.54) is 19.1 Å². The highest BCUT2D eigenvalue weighted by Gasteiger charge is 2.30. The first-order valence-electron chi connectivity index (χ1n) is 8.30. The molecule has 1 N–H and O–H groups in total. The van der Waals surface area contributed by atoms with Crippen LogP contribution in [0.4, 0.5) is 4.39 Å². The lowest BCUT2D eigenvalue weighted by atomic mass is 10.0. The molecule has 1 saturated heterocycles. The van der Waals surface area contributed by atoms with Gasteiger partial charge in [0.1, 0.15) is 5.82 Å². The maximum atomic E-state index is 13.4. The summed E-state index contributed by atoms with van der Waals surface area (Å²) in [5.74, 6) is -0.693. The fourth-order valence-corrected chi connectivity index (χ4v) is 3.16. The highest BCUT2D eigenvalue weighted by molar-refractivity contribution is 5.94. The van der Waals surface area contributed by atoms with Crippen molar-refractivity contribution in [3.63, 3.8) is 0 Å². The highest BCUT2D eigenvalue weighted by atomic mass is 19.1. The number of pyridine rings is 1. The number of carbonyl (C=O) groups excluding carboxylic acids is 2. The number of carbonyl (C=O) groups is 2. The molecular formula is C19H20FN3O2. The Hall–Kier alpha value is -2.76. The number of nitrogens with one attached hydrogen (secondary N) is 1. The average Bonchev–Trinajstić information content (AvgIpc) is 3.09. The summed E-state index contributed by atoms with van der Waals surface area (Å²) in [6.45, 7) is 2.46. The minimum Gasteiger partial charge on any atom is -0.351 e. The van der Waals surface area contributed by atoms with E-state index in [0.717, 1.165) is 24.1 Å². The molecule has 2 heterocycles. The molecule has 0 spiro atoms. The molecule has 0 radical (unpaired) electrons. The van der Waals surface area contributed by atoms with Crippen LogP contribution in [0.5, 0.6) is 0 Å². The molecule has 25 heavy (non-hydrogen) atoms. The Morgan fingerprint density at radius 2 is 2.16 bits per heavy atom. The number of halogens is 1. The van der Waals surface area contributed by atoms with Crippen LogP contribution < -0.4 is 5.32 Å². The average molecular weight is 341 g/mol. The number of benzene rings is 1. The molecule has 0 aliphatic carbocycles. The van der Waals surface area contributed by atoms with Gasteiger partial charge in [-0.15, -0.1) is 0 Å². The summed E-state index contributed by atoms with van der Waals surface area (Å²) in [5, 5.41) is 2.72. The van der Waals surface area contributed by atoms with Crippen molar-refractivity contribution < 1.29 is 14.0 Å². The van der Waals surface area contributed by atoms with Crippen LogP contribution >= 0.6 is 0 Å². The van der Waals surface area contributed by atoms with E-state index < -0.39 is 5.82 Å². The zero-order chi connectivity index (χ0) is 17.8. The Bertz CT molecular complexity index is 794. The lowest BCUT2D eigenvalue weighted by Gasteiger charge is -2.25. The summed E-state index contributed by atoms with van der Waals surface area (Å²) >= 11 is 0. The number of nitrogens with zero attached hydrogens (tertiary/aromatic N) is 2. The molecule has 1 aromatic carbocycles. The van der Waals surface area contributed by atoms with Gasteiger partial charge in [0.15, 0.2) is 0 Å². The van der Waals surface area contributed by atoms with Gasteiger partial charge < -0.3 is 10.2 Å². The van der Waals surface area contributed by atoms with Crippen LogP contribution in [-0.4, -0.2) is 28.2 Å². The minimum atomic E-state index is -0.414. The summed E-state index contributed by atoms with van der Waals surface area (Å²) in [7, 11) is 0. The van der Waals surface area contributed by atoms with Crippen molar-refractivity contribution in [2.45, 2.75) is 32.4 Å². The third kappa shape index (κ3) is 4.02. The van der Waals surface area contributed by atoms with Crippen molar-refractivity contribution in [2.75, 3.05) is 6.54 Å². The largest absolute Gasteiger partial charge is 0.351 e. The van der Waals surface area contributed by atoms with Crippen LogP contribution in [0.3, 0.4) is 0 Å². The molecule has 1 aliphatic rings. The summed E-state index contributed by atoms with van der Waals surface area (Å²) < 4.78 is 13.4. The van der Waals surface area contributed by atoms with Crippen molar-refractivity contribution in [1.29, 1.82) is 0 Å². The summed E-state index contributed by atoms with van der Waals surface area (Å²) in [4.78, 5) is 29.9. The van der Waals surface area contributed by atoms with E-state index in [-0.39, 0.29) is 17.9 Å². The molecule has 1 aliphatic heterocycles. The van der Waals surface area contributed by atoms with E-state index >= 15 is 0 Å². The summed E-state index contributed by atoms with van der Waals surface area (Å²) in [6.07, 6.45) is 3.44. The zero-order valence-corrected chi connectivity index (χ0v) is 14.0. The van der Waals surface area contributed by atoms with Crippen molar-refractivity contribution in [2.24, 2.45) is 0 Å². The Morgan fingerprint density at radius 1 is 1.32 bits per heavy atom. The molecule has 2 aromatic rings. The Balaban J connectivity index is 1.80. The normalized spacial score (nSPS) is 16.7. The monoisotopic (exact) mass is 341 g/mol. The first-order chi connectivity index (χ1) is 12.0. The van der Waals surface area contributed by atoms with Gasteiger partial charge in [0.05, 0.1) is 18.3 Å². The van der Waals surface area contributed by atoms with Crippen LogP contribution in [0.25, 0.3) is 0 Å². The third-order valence-electron chi connectivity index (χ3n) is 4.33. The molecular weight excluding hydrogens is 321 g/mol. The predicted molar refractivity (Wildman–Crippen MR) is 91.2 cm³/mol. The first-order valence-corrected chi connectivity index (χ1v) is 8.30. The lowest BCUT2D eigenvalue weighted by molar-refractivity contribution is -0.119. The molecule has 2 amide bonds. The van der Waals surface area contributed by atoms with Gasteiger partial charge in [0.2, 0.25) is 5.91 Å². The molecule has 0 unspecified atom stereocenters. The van der Waals surface area contributed by atoms with Crippen molar-refractivity contribution in [3.05, 3.63) is 65.2 Å². The van der Waals surface area contributed by atoms with Crippen molar-refractivity contribution >= 4 is 11.8 Å². The van der Waals surface area contributed by atoms with Crippen LogP contribution in [0.15, 0.2) is 42.6 Å². The fourth-order valence-electron chi connectivity index (χ4n) is 3.16. The fraction of sp³-hybridized carbons (Fsp3) is 0.316. The molecule has 0 bridgehead atoms. The molecule has 6 heteroatoms. The topological polar surface area (TPSA) is 62.3 Å². The second-order valence-electron chi connectivity index (χ2n) is 6.16. The van der Waals surface area contributed by atoms with Gasteiger partial charge in [0.25, 0.3) is 5.91 Å². The molecule has 1 fully saturated rings. The van der Waals surface area contributed by atoms with E-state index in [9.17, 15) is 14.0 Å². The Labute approximate surface area is 145 Å². The number of amides is 2. The standard InChI is InChI=1S/C19H20FN3O2/c1-13(24)22-12-17-11-14(7-8-21-17)18-6-3-9-23(18)19(25)15-4-2-5-16(20)10-15/h2,4-5,7-8,10-11,18H,3,6,9,12H2,1H3,(H,22,24)/t18-/m1/s1. The first kappa shape index (κ1) is 17.1. The molecule has 1 aromatic heterocycles. The number of likely N-dealkylation sites (tertiary alicyclic amines) is 1. The van der Waals surface area contributed by atoms with Crippen LogP contribution in [0, 0.1) is 5.82 Å². The molecule has 0 saturated carbocycles. The quantitative estimate of drug-likeness (QED) is 0.930. The second-order valence-corrected chi connectivity index (χ2v) is 6.16. The second kappa shape index (κ2) is 7.42. The summed E-state index contributed by atoms with van der Waals surface area (Å²) in [6, 6.07) is 9.52. The van der Waals surface area contributed by atoms with Crippen molar-refractivity contribution in [1.82, 2.24) is 15.2 Å². The van der Waals surface area contributed by atoms with E-state index in [4.69, 9.17) is 0 Å². The van der Waals surface area contributed by atoms with E-state index in [0.29, 0.717) is 18.7 Å². The minimum absolute atomic E-state index is 0.0603. The van der Waals surface area contributed by atoms with Gasteiger partial charge in [-0.05, 0) is 48.7 Å². The zero-order valence-electron chi connectivity index (χ0n) is 14.0. The summed E-state index contributed by atoms with van der Waals surface area (Å²) in [5.41, 5.74) is 2.09. The molecule has 5 nitrogen and oxygen atoms in total. The van der Waals surface area contributed by atoms with Crippen LogP contribution in [0.1, 0.15) is 47.4 Å². The van der Waals surface area contributed by atoms with E-state index in [1.807, 2.05) is 12.1 Å². The van der Waals surface area contributed by atoms with Crippen molar-refractivity contribution in [3.8, 4) is 0 Å². The van der Waals surface area contributed by atoms with Gasteiger partial charge in [-0.25, -0.2) is 4.39 Å². The molecule has 130 valence electrons. The lowest BCUT2D eigenvalue weighted by Crippen LogP contribution is -2.30. The highest BCUT2D eigenvalue weighted by Crippen LogP contribution is 2.33. The smallest absolute Gasteiger partial charge is 0.254 e. The van der Waals surface area contributed by atoms with Gasteiger partial charge in [0, 0.05) is 25.2 Å². The molecule has 1 atom stereocenters. The maximum Gasteiger partial charge on any atom is 0.254 e. The number of aromatic nitrogens is 1.